The zero-order valence-electron chi connectivity index (χ0n) is 11.3. The van der Waals surface area contributed by atoms with E-state index < -0.39 is 5.82 Å². The first-order valence-electron chi connectivity index (χ1n) is 6.24. The van der Waals surface area contributed by atoms with Gasteiger partial charge in [0.15, 0.2) is 0 Å². The van der Waals surface area contributed by atoms with E-state index >= 15 is 0 Å². The van der Waals surface area contributed by atoms with Gasteiger partial charge in [0, 0.05) is 15.1 Å². The van der Waals surface area contributed by atoms with Gasteiger partial charge >= 0.3 is 0 Å². The van der Waals surface area contributed by atoms with Crippen molar-refractivity contribution in [3.8, 4) is 0 Å². The standard InChI is InChI=1S/C15H14BrFN2OS/c1-9(21-14-5-3-2-4-11(14)16)15(20)19-10-6-7-12(17)13(18)8-10/h2-9H,18H2,1H3,(H,19,20). The first kappa shape index (κ1) is 15.9. The maximum atomic E-state index is 13.1. The molecule has 0 aromatic heterocycles. The molecule has 1 unspecified atom stereocenters. The summed E-state index contributed by atoms with van der Waals surface area (Å²) in [5, 5.41) is 2.43. The zero-order valence-corrected chi connectivity index (χ0v) is 13.7. The molecular weight excluding hydrogens is 355 g/mol. The third-order valence-electron chi connectivity index (χ3n) is 2.77. The van der Waals surface area contributed by atoms with Crippen molar-refractivity contribution in [2.45, 2.75) is 17.1 Å². The number of benzene rings is 2. The van der Waals surface area contributed by atoms with Crippen LogP contribution >= 0.6 is 27.7 Å². The molecule has 0 aliphatic heterocycles. The molecule has 2 aromatic carbocycles. The van der Waals surface area contributed by atoms with Gasteiger partial charge in [0.25, 0.3) is 0 Å². The van der Waals surface area contributed by atoms with E-state index in [-0.39, 0.29) is 16.8 Å². The lowest BCUT2D eigenvalue weighted by atomic mass is 10.2. The monoisotopic (exact) mass is 368 g/mol. The molecule has 0 saturated heterocycles. The van der Waals surface area contributed by atoms with Gasteiger partial charge in [-0.1, -0.05) is 12.1 Å². The number of carbonyl (C=O) groups is 1. The maximum absolute atomic E-state index is 13.1. The number of carbonyl (C=O) groups excluding carboxylic acids is 1. The molecule has 2 rings (SSSR count). The third-order valence-corrected chi connectivity index (χ3v) is 4.90. The number of anilines is 2. The molecule has 110 valence electrons. The number of nitrogen functional groups attached to an aromatic ring is 1. The molecule has 3 nitrogen and oxygen atoms in total. The van der Waals surface area contributed by atoms with Crippen LogP contribution in [0.5, 0.6) is 0 Å². The van der Waals surface area contributed by atoms with E-state index in [1.54, 1.807) is 0 Å². The van der Waals surface area contributed by atoms with E-state index in [9.17, 15) is 9.18 Å². The Kier molecular flexibility index (Phi) is 5.25. The molecule has 1 atom stereocenters. The average Bonchev–Trinajstić information content (AvgIpc) is 2.45. The summed E-state index contributed by atoms with van der Waals surface area (Å²) in [5.41, 5.74) is 5.98. The van der Waals surface area contributed by atoms with Gasteiger partial charge in [0.2, 0.25) is 5.91 Å². The molecule has 3 N–H and O–H groups in total. The minimum absolute atomic E-state index is 0.0129. The summed E-state index contributed by atoms with van der Waals surface area (Å²) in [4.78, 5) is 13.1. The number of hydrogen-bond donors (Lipinski definition) is 2. The van der Waals surface area contributed by atoms with Crippen molar-refractivity contribution in [2.24, 2.45) is 0 Å². The van der Waals surface area contributed by atoms with E-state index in [1.807, 2.05) is 31.2 Å². The number of nitrogens with one attached hydrogen (secondary N) is 1. The number of rotatable bonds is 4. The van der Waals surface area contributed by atoms with Crippen LogP contribution in [0.2, 0.25) is 0 Å². The van der Waals surface area contributed by atoms with Crippen LogP contribution in [0, 0.1) is 5.82 Å². The minimum atomic E-state index is -0.497. The predicted molar refractivity (Wildman–Crippen MR) is 88.9 cm³/mol. The Morgan fingerprint density at radius 1 is 1.33 bits per heavy atom. The van der Waals surface area contributed by atoms with Gasteiger partial charge in [-0.25, -0.2) is 4.39 Å². The largest absolute Gasteiger partial charge is 0.396 e. The van der Waals surface area contributed by atoms with Crippen LogP contribution in [0.3, 0.4) is 0 Å². The summed E-state index contributed by atoms with van der Waals surface area (Å²) in [6.07, 6.45) is 0. The summed E-state index contributed by atoms with van der Waals surface area (Å²) >= 11 is 4.89. The third kappa shape index (κ3) is 4.22. The lowest BCUT2D eigenvalue weighted by Crippen LogP contribution is -2.22. The van der Waals surface area contributed by atoms with Gasteiger partial charge in [-0.05, 0) is 53.2 Å². The first-order chi connectivity index (χ1) is 9.97. The van der Waals surface area contributed by atoms with Crippen molar-refractivity contribution in [2.75, 3.05) is 11.1 Å². The zero-order chi connectivity index (χ0) is 15.4. The Bertz CT molecular complexity index is 666. The Labute approximate surface area is 135 Å². The van der Waals surface area contributed by atoms with Crippen LogP contribution in [0.15, 0.2) is 51.8 Å². The molecule has 1 amide bonds. The van der Waals surface area contributed by atoms with Gasteiger partial charge in [0.1, 0.15) is 5.82 Å². The second kappa shape index (κ2) is 6.95. The minimum Gasteiger partial charge on any atom is -0.396 e. The number of hydrogen-bond acceptors (Lipinski definition) is 3. The molecule has 0 fully saturated rings. The maximum Gasteiger partial charge on any atom is 0.237 e. The Morgan fingerprint density at radius 3 is 2.71 bits per heavy atom. The van der Waals surface area contributed by atoms with Gasteiger partial charge in [0.05, 0.1) is 10.9 Å². The molecule has 0 bridgehead atoms. The second-order valence-electron chi connectivity index (χ2n) is 4.42. The number of thioether (sulfide) groups is 1. The van der Waals surface area contributed by atoms with Gasteiger partial charge in [-0.3, -0.25) is 4.79 Å². The molecule has 0 radical (unpaired) electrons. The normalized spacial score (nSPS) is 12.0. The topological polar surface area (TPSA) is 55.1 Å². The van der Waals surface area contributed by atoms with E-state index in [4.69, 9.17) is 5.73 Å². The van der Waals surface area contributed by atoms with E-state index in [0.717, 1.165) is 9.37 Å². The highest BCUT2D eigenvalue weighted by atomic mass is 79.9. The van der Waals surface area contributed by atoms with E-state index in [2.05, 4.69) is 21.2 Å². The van der Waals surface area contributed by atoms with Crippen LogP contribution in [0.1, 0.15) is 6.92 Å². The van der Waals surface area contributed by atoms with Gasteiger partial charge < -0.3 is 11.1 Å². The summed E-state index contributed by atoms with van der Waals surface area (Å²) in [5.74, 6) is -0.662. The van der Waals surface area contributed by atoms with Crippen molar-refractivity contribution in [1.29, 1.82) is 0 Å². The number of halogens is 2. The Hall–Kier alpha value is -1.53. The molecular formula is C15H14BrFN2OS. The lowest BCUT2D eigenvalue weighted by Gasteiger charge is -2.13. The summed E-state index contributed by atoms with van der Waals surface area (Å²) in [7, 11) is 0. The molecule has 0 aliphatic rings. The van der Waals surface area contributed by atoms with Gasteiger partial charge in [-0.2, -0.15) is 0 Å². The number of amides is 1. The van der Waals surface area contributed by atoms with E-state index in [1.165, 1.54) is 30.0 Å². The Balaban J connectivity index is 2.02. The fourth-order valence-corrected chi connectivity index (χ4v) is 3.10. The molecule has 21 heavy (non-hydrogen) atoms. The fraction of sp³-hybridized carbons (Fsp3) is 0.133. The molecule has 2 aromatic rings. The van der Waals surface area contributed by atoms with Crippen molar-refractivity contribution < 1.29 is 9.18 Å². The quantitative estimate of drug-likeness (QED) is 0.625. The van der Waals surface area contributed by atoms with Crippen LogP contribution in [0.25, 0.3) is 0 Å². The van der Waals surface area contributed by atoms with E-state index in [0.29, 0.717) is 5.69 Å². The van der Waals surface area contributed by atoms with Crippen molar-refractivity contribution in [3.05, 3.63) is 52.8 Å². The Morgan fingerprint density at radius 2 is 2.05 bits per heavy atom. The highest BCUT2D eigenvalue weighted by molar-refractivity contribution is 9.10. The second-order valence-corrected chi connectivity index (χ2v) is 6.65. The van der Waals surface area contributed by atoms with Crippen LogP contribution in [-0.4, -0.2) is 11.2 Å². The average molecular weight is 369 g/mol. The highest BCUT2D eigenvalue weighted by Crippen LogP contribution is 2.30. The van der Waals surface area contributed by atoms with Crippen LogP contribution < -0.4 is 11.1 Å². The molecule has 0 aliphatic carbocycles. The van der Waals surface area contributed by atoms with Crippen LogP contribution in [-0.2, 0) is 4.79 Å². The SMILES string of the molecule is CC(Sc1ccccc1Br)C(=O)Nc1ccc(F)c(N)c1. The van der Waals surface area contributed by atoms with Crippen molar-refractivity contribution >= 4 is 45.0 Å². The first-order valence-corrected chi connectivity index (χ1v) is 7.91. The summed E-state index contributed by atoms with van der Waals surface area (Å²) in [6.45, 7) is 1.81. The van der Waals surface area contributed by atoms with Crippen LogP contribution in [0.4, 0.5) is 15.8 Å². The molecule has 0 heterocycles. The molecule has 0 spiro atoms. The smallest absolute Gasteiger partial charge is 0.237 e. The predicted octanol–water partition coefficient (Wildman–Crippen LogP) is 4.29. The lowest BCUT2D eigenvalue weighted by molar-refractivity contribution is -0.115. The van der Waals surface area contributed by atoms with Gasteiger partial charge in [-0.15, -0.1) is 11.8 Å². The fourth-order valence-electron chi connectivity index (χ4n) is 1.65. The summed E-state index contributed by atoms with van der Waals surface area (Å²) < 4.78 is 14.0. The van der Waals surface area contributed by atoms with Crippen molar-refractivity contribution in [1.82, 2.24) is 0 Å². The number of nitrogens with two attached hydrogens (primary N) is 1. The molecule has 6 heteroatoms. The highest BCUT2D eigenvalue weighted by Gasteiger charge is 2.16. The van der Waals surface area contributed by atoms with Crippen molar-refractivity contribution in [3.63, 3.8) is 0 Å². The summed E-state index contributed by atoms with van der Waals surface area (Å²) in [6, 6.07) is 11.8. The molecule has 0 saturated carbocycles.